The number of aromatic nitrogens is 1. The summed E-state index contributed by atoms with van der Waals surface area (Å²) >= 11 is 0. The average molecular weight is 438 g/mol. The highest BCUT2D eigenvalue weighted by molar-refractivity contribution is 5.76. The Hall–Kier alpha value is -3.03. The molecule has 1 aliphatic heterocycles. The lowest BCUT2D eigenvalue weighted by atomic mass is 10.1. The summed E-state index contributed by atoms with van der Waals surface area (Å²) in [4.78, 5) is 18.7. The van der Waals surface area contributed by atoms with Gasteiger partial charge in [-0.1, -0.05) is 36.4 Å². The Morgan fingerprint density at radius 1 is 1.12 bits per heavy atom. The zero-order valence-corrected chi connectivity index (χ0v) is 18.0. The molecule has 1 amide bonds. The van der Waals surface area contributed by atoms with Gasteiger partial charge in [0.1, 0.15) is 5.82 Å². The summed E-state index contributed by atoms with van der Waals surface area (Å²) in [6.07, 6.45) is 3.60. The number of aliphatic hydroxyl groups is 1. The number of carbonyl (C=O) groups is 1. The number of hydrogen-bond acceptors (Lipinski definition) is 5. The maximum atomic E-state index is 13.9. The molecule has 1 aromatic heterocycles. The molecule has 0 radical (unpaired) electrons. The quantitative estimate of drug-likeness (QED) is 0.562. The molecule has 2 N–H and O–H groups in total. The van der Waals surface area contributed by atoms with Crippen molar-refractivity contribution in [1.29, 1.82) is 0 Å². The van der Waals surface area contributed by atoms with Gasteiger partial charge in [0, 0.05) is 39.0 Å². The number of hydrogen-bond donors (Lipinski definition) is 2. The predicted octanol–water partition coefficient (Wildman–Crippen LogP) is 3.69. The van der Waals surface area contributed by atoms with Crippen LogP contribution in [-0.4, -0.2) is 40.1 Å². The average Bonchev–Trinajstić information content (AvgIpc) is 3.28. The Morgan fingerprint density at radius 3 is 2.59 bits per heavy atom. The molecule has 6 nitrogen and oxygen atoms in total. The van der Waals surface area contributed by atoms with Gasteiger partial charge >= 0.3 is 0 Å². The van der Waals surface area contributed by atoms with Crippen molar-refractivity contribution in [3.63, 3.8) is 0 Å². The third-order valence-corrected chi connectivity index (χ3v) is 5.73. The summed E-state index contributed by atoms with van der Waals surface area (Å²) in [6, 6.07) is 14.6. The Kier molecular flexibility index (Phi) is 7.29. The first-order chi connectivity index (χ1) is 15.6. The SMILES string of the molecule is O=C(CCc1ncc(-c2ccccc2F)o1)NCc1ccc(CN2CCC(O)CC2)cc1. The Bertz CT molecular complexity index is 1030. The van der Waals surface area contributed by atoms with Gasteiger partial charge in [-0.05, 0) is 36.1 Å². The Labute approximate surface area is 187 Å². The smallest absolute Gasteiger partial charge is 0.220 e. The first-order valence-corrected chi connectivity index (χ1v) is 11.0. The van der Waals surface area contributed by atoms with Crippen LogP contribution in [0.25, 0.3) is 11.3 Å². The minimum absolute atomic E-state index is 0.0911. The van der Waals surface area contributed by atoms with E-state index in [0.717, 1.165) is 38.0 Å². The van der Waals surface area contributed by atoms with Gasteiger partial charge in [0.05, 0.1) is 17.9 Å². The molecular weight excluding hydrogens is 409 g/mol. The molecule has 3 aromatic rings. The Balaban J connectivity index is 1.20. The minimum Gasteiger partial charge on any atom is -0.441 e. The molecule has 168 valence electrons. The molecule has 0 spiro atoms. The van der Waals surface area contributed by atoms with E-state index in [1.165, 1.54) is 17.8 Å². The van der Waals surface area contributed by atoms with Gasteiger partial charge in [-0.3, -0.25) is 9.69 Å². The summed E-state index contributed by atoms with van der Waals surface area (Å²) in [5, 5.41) is 12.5. The third-order valence-electron chi connectivity index (χ3n) is 5.73. The number of benzene rings is 2. The zero-order valence-electron chi connectivity index (χ0n) is 18.0. The van der Waals surface area contributed by atoms with Crippen LogP contribution in [0.2, 0.25) is 0 Å². The van der Waals surface area contributed by atoms with Gasteiger partial charge < -0.3 is 14.8 Å². The van der Waals surface area contributed by atoms with Gasteiger partial charge in [-0.2, -0.15) is 0 Å². The number of amides is 1. The number of aryl methyl sites for hydroxylation is 1. The van der Waals surface area contributed by atoms with Crippen LogP contribution in [0, 0.1) is 5.82 Å². The van der Waals surface area contributed by atoms with Crippen molar-refractivity contribution in [2.75, 3.05) is 13.1 Å². The molecule has 1 aliphatic rings. The van der Waals surface area contributed by atoms with Crippen LogP contribution in [0.5, 0.6) is 0 Å². The standard InChI is InChI=1S/C25H28FN3O3/c26-22-4-2-1-3-21(22)23-16-28-25(32-23)10-9-24(31)27-15-18-5-7-19(8-6-18)17-29-13-11-20(30)12-14-29/h1-8,16,20,30H,9-15,17H2,(H,27,31). The van der Waals surface area contributed by atoms with Crippen molar-refractivity contribution in [2.24, 2.45) is 0 Å². The van der Waals surface area contributed by atoms with Crippen molar-refractivity contribution in [2.45, 2.75) is 44.9 Å². The van der Waals surface area contributed by atoms with E-state index >= 15 is 0 Å². The van der Waals surface area contributed by atoms with Gasteiger partial charge in [-0.25, -0.2) is 9.37 Å². The molecule has 1 saturated heterocycles. The second-order valence-corrected chi connectivity index (χ2v) is 8.20. The van der Waals surface area contributed by atoms with Crippen LogP contribution in [0.3, 0.4) is 0 Å². The van der Waals surface area contributed by atoms with E-state index in [1.54, 1.807) is 18.2 Å². The van der Waals surface area contributed by atoms with Crippen LogP contribution >= 0.6 is 0 Å². The van der Waals surface area contributed by atoms with Crippen LogP contribution in [-0.2, 0) is 24.3 Å². The van der Waals surface area contributed by atoms with Gasteiger partial charge in [0.25, 0.3) is 0 Å². The molecule has 0 bridgehead atoms. The van der Waals surface area contributed by atoms with E-state index < -0.39 is 0 Å². The summed E-state index contributed by atoms with van der Waals surface area (Å²) in [7, 11) is 0. The van der Waals surface area contributed by atoms with Crippen LogP contribution in [0.1, 0.15) is 36.3 Å². The van der Waals surface area contributed by atoms with Crippen LogP contribution < -0.4 is 5.32 Å². The lowest BCUT2D eigenvalue weighted by Gasteiger charge is -2.29. The van der Waals surface area contributed by atoms with Crippen LogP contribution in [0.4, 0.5) is 4.39 Å². The molecule has 0 atom stereocenters. The number of piperidine rings is 1. The fourth-order valence-electron chi connectivity index (χ4n) is 3.82. The fourth-order valence-corrected chi connectivity index (χ4v) is 3.82. The first kappa shape index (κ1) is 22.2. The number of oxazole rings is 1. The second-order valence-electron chi connectivity index (χ2n) is 8.20. The van der Waals surface area contributed by atoms with E-state index in [4.69, 9.17) is 4.42 Å². The van der Waals surface area contributed by atoms with Crippen molar-refractivity contribution in [3.8, 4) is 11.3 Å². The highest BCUT2D eigenvalue weighted by atomic mass is 19.1. The topological polar surface area (TPSA) is 78.6 Å². The number of nitrogens with zero attached hydrogens (tertiary/aromatic N) is 2. The maximum Gasteiger partial charge on any atom is 0.220 e. The number of rotatable bonds is 8. The number of nitrogens with one attached hydrogen (secondary N) is 1. The number of likely N-dealkylation sites (tertiary alicyclic amines) is 1. The second kappa shape index (κ2) is 10.5. The van der Waals surface area contributed by atoms with E-state index in [0.29, 0.717) is 30.2 Å². The molecular formula is C25H28FN3O3. The van der Waals surface area contributed by atoms with Crippen molar-refractivity contribution >= 4 is 5.91 Å². The van der Waals surface area contributed by atoms with Gasteiger partial charge in [-0.15, -0.1) is 0 Å². The summed E-state index contributed by atoms with van der Waals surface area (Å²) in [5.41, 5.74) is 2.62. The highest BCUT2D eigenvalue weighted by Gasteiger charge is 2.17. The normalized spacial score (nSPS) is 15.1. The van der Waals surface area contributed by atoms with Gasteiger partial charge in [0.15, 0.2) is 11.7 Å². The van der Waals surface area contributed by atoms with E-state index in [2.05, 4.69) is 27.3 Å². The number of carbonyl (C=O) groups excluding carboxylic acids is 1. The minimum atomic E-state index is -0.367. The number of aliphatic hydroxyl groups excluding tert-OH is 1. The largest absolute Gasteiger partial charge is 0.441 e. The van der Waals surface area contributed by atoms with Crippen molar-refractivity contribution < 1.29 is 18.7 Å². The molecule has 2 heterocycles. The molecule has 2 aromatic carbocycles. The Morgan fingerprint density at radius 2 is 1.84 bits per heavy atom. The molecule has 7 heteroatoms. The van der Waals surface area contributed by atoms with Gasteiger partial charge in [0.2, 0.25) is 5.91 Å². The van der Waals surface area contributed by atoms with E-state index in [9.17, 15) is 14.3 Å². The lowest BCUT2D eigenvalue weighted by Crippen LogP contribution is -2.35. The monoisotopic (exact) mass is 437 g/mol. The van der Waals surface area contributed by atoms with Crippen LogP contribution in [0.15, 0.2) is 59.1 Å². The van der Waals surface area contributed by atoms with Crippen molar-refractivity contribution in [1.82, 2.24) is 15.2 Å². The lowest BCUT2D eigenvalue weighted by molar-refractivity contribution is -0.121. The molecule has 0 unspecified atom stereocenters. The maximum absolute atomic E-state index is 13.9. The molecule has 32 heavy (non-hydrogen) atoms. The molecule has 0 saturated carbocycles. The highest BCUT2D eigenvalue weighted by Crippen LogP contribution is 2.23. The van der Waals surface area contributed by atoms with E-state index in [1.807, 2.05) is 12.1 Å². The summed E-state index contributed by atoms with van der Waals surface area (Å²) < 4.78 is 19.4. The fraction of sp³-hybridized carbons (Fsp3) is 0.360. The first-order valence-electron chi connectivity index (χ1n) is 11.0. The summed E-state index contributed by atoms with van der Waals surface area (Å²) in [6.45, 7) is 3.18. The third kappa shape index (κ3) is 6.02. The molecule has 0 aliphatic carbocycles. The van der Waals surface area contributed by atoms with E-state index in [-0.39, 0.29) is 24.2 Å². The molecule has 4 rings (SSSR count). The summed E-state index contributed by atoms with van der Waals surface area (Å²) in [5.74, 6) is 0.313. The van der Waals surface area contributed by atoms with Crippen molar-refractivity contribution in [3.05, 3.63) is 77.6 Å². The predicted molar refractivity (Wildman–Crippen MR) is 119 cm³/mol. The zero-order chi connectivity index (χ0) is 22.3. The number of halogens is 1. The molecule has 1 fully saturated rings.